The highest BCUT2D eigenvalue weighted by Gasteiger charge is 2.15. The van der Waals surface area contributed by atoms with Crippen molar-refractivity contribution in [1.82, 2.24) is 5.32 Å². The van der Waals surface area contributed by atoms with E-state index >= 15 is 0 Å². The molecule has 0 spiro atoms. The zero-order chi connectivity index (χ0) is 15.0. The lowest BCUT2D eigenvalue weighted by atomic mass is 10.1. The van der Waals surface area contributed by atoms with Gasteiger partial charge in [-0.25, -0.2) is 0 Å². The molecule has 1 rings (SSSR count). The van der Waals surface area contributed by atoms with Gasteiger partial charge in [-0.1, -0.05) is 13.0 Å². The Kier molecular flexibility index (Phi) is 6.82. The Bertz CT molecular complexity index is 399. The van der Waals surface area contributed by atoms with Crippen molar-refractivity contribution >= 4 is 0 Å². The maximum atomic E-state index is 9.72. The van der Waals surface area contributed by atoms with E-state index in [1.54, 1.807) is 13.8 Å². The van der Waals surface area contributed by atoms with Crippen molar-refractivity contribution in [2.24, 2.45) is 0 Å². The SMILES string of the molecule is CCCNCc1ccc(OCC(C)(C)O)c(OCC)c1. The number of rotatable bonds is 9. The fourth-order valence-corrected chi connectivity index (χ4v) is 1.71. The van der Waals surface area contributed by atoms with Gasteiger partial charge in [0.1, 0.15) is 6.61 Å². The molecule has 4 nitrogen and oxygen atoms in total. The fourth-order valence-electron chi connectivity index (χ4n) is 1.71. The van der Waals surface area contributed by atoms with Gasteiger partial charge in [0.05, 0.1) is 12.2 Å². The monoisotopic (exact) mass is 281 g/mol. The van der Waals surface area contributed by atoms with E-state index in [4.69, 9.17) is 9.47 Å². The second-order valence-corrected chi connectivity index (χ2v) is 5.49. The number of hydrogen-bond acceptors (Lipinski definition) is 4. The summed E-state index contributed by atoms with van der Waals surface area (Å²) >= 11 is 0. The topological polar surface area (TPSA) is 50.7 Å². The third-order valence-corrected chi connectivity index (χ3v) is 2.64. The Morgan fingerprint density at radius 3 is 2.50 bits per heavy atom. The van der Waals surface area contributed by atoms with Crippen LogP contribution in [0.2, 0.25) is 0 Å². The van der Waals surface area contributed by atoms with Crippen LogP contribution in [-0.4, -0.2) is 30.5 Å². The summed E-state index contributed by atoms with van der Waals surface area (Å²) in [5, 5.41) is 13.1. The van der Waals surface area contributed by atoms with Crippen LogP contribution in [0.5, 0.6) is 11.5 Å². The Morgan fingerprint density at radius 1 is 1.15 bits per heavy atom. The first-order chi connectivity index (χ1) is 9.46. The number of hydrogen-bond donors (Lipinski definition) is 2. The molecule has 0 amide bonds. The Morgan fingerprint density at radius 2 is 1.90 bits per heavy atom. The lowest BCUT2D eigenvalue weighted by Crippen LogP contribution is -2.28. The van der Waals surface area contributed by atoms with E-state index in [9.17, 15) is 5.11 Å². The van der Waals surface area contributed by atoms with E-state index in [2.05, 4.69) is 12.2 Å². The summed E-state index contributed by atoms with van der Waals surface area (Å²) in [7, 11) is 0. The van der Waals surface area contributed by atoms with Gasteiger partial charge in [-0.2, -0.15) is 0 Å². The van der Waals surface area contributed by atoms with Crippen molar-refractivity contribution in [3.8, 4) is 11.5 Å². The molecule has 114 valence electrons. The average molecular weight is 281 g/mol. The molecular formula is C16H27NO3. The van der Waals surface area contributed by atoms with Crippen LogP contribution in [0.3, 0.4) is 0 Å². The first kappa shape index (κ1) is 16.8. The Hall–Kier alpha value is -1.26. The van der Waals surface area contributed by atoms with Gasteiger partial charge in [-0.3, -0.25) is 0 Å². The van der Waals surface area contributed by atoms with Gasteiger partial charge in [0, 0.05) is 6.54 Å². The molecule has 0 aliphatic rings. The van der Waals surface area contributed by atoms with Crippen LogP contribution >= 0.6 is 0 Å². The molecule has 4 heteroatoms. The van der Waals surface area contributed by atoms with Gasteiger partial charge in [0.2, 0.25) is 0 Å². The van der Waals surface area contributed by atoms with E-state index in [1.165, 1.54) is 0 Å². The third-order valence-electron chi connectivity index (χ3n) is 2.64. The highest BCUT2D eigenvalue weighted by Crippen LogP contribution is 2.29. The van der Waals surface area contributed by atoms with Crippen LogP contribution in [-0.2, 0) is 6.54 Å². The van der Waals surface area contributed by atoms with Gasteiger partial charge in [0.15, 0.2) is 11.5 Å². The maximum absolute atomic E-state index is 9.72. The van der Waals surface area contributed by atoms with Crippen molar-refractivity contribution in [1.29, 1.82) is 0 Å². The van der Waals surface area contributed by atoms with E-state index in [0.717, 1.165) is 30.8 Å². The molecule has 0 heterocycles. The standard InChI is InChI=1S/C16H27NO3/c1-5-9-17-11-13-7-8-14(15(10-13)19-6-2)20-12-16(3,4)18/h7-8,10,17-18H,5-6,9,11-12H2,1-4H3. The number of ether oxygens (including phenoxy) is 2. The molecule has 1 aromatic carbocycles. The van der Waals surface area contributed by atoms with Gasteiger partial charge in [-0.05, 0) is 51.4 Å². The van der Waals surface area contributed by atoms with Gasteiger partial charge in [0.25, 0.3) is 0 Å². The molecular weight excluding hydrogens is 254 g/mol. The largest absolute Gasteiger partial charge is 0.490 e. The summed E-state index contributed by atoms with van der Waals surface area (Å²) in [5.74, 6) is 1.40. The number of benzene rings is 1. The number of aliphatic hydroxyl groups is 1. The van der Waals surface area contributed by atoms with Crippen LogP contribution < -0.4 is 14.8 Å². The average Bonchev–Trinajstić information content (AvgIpc) is 2.37. The molecule has 2 N–H and O–H groups in total. The van der Waals surface area contributed by atoms with Crippen LogP contribution in [0.4, 0.5) is 0 Å². The summed E-state index contributed by atoms with van der Waals surface area (Å²) in [6.07, 6.45) is 1.12. The lowest BCUT2D eigenvalue weighted by molar-refractivity contribution is 0.0274. The molecule has 0 aromatic heterocycles. The van der Waals surface area contributed by atoms with Crippen molar-refractivity contribution in [3.05, 3.63) is 23.8 Å². The van der Waals surface area contributed by atoms with Crippen molar-refractivity contribution in [3.63, 3.8) is 0 Å². The minimum absolute atomic E-state index is 0.237. The highest BCUT2D eigenvalue weighted by atomic mass is 16.5. The predicted molar refractivity (Wildman–Crippen MR) is 81.4 cm³/mol. The molecule has 0 aliphatic carbocycles. The second-order valence-electron chi connectivity index (χ2n) is 5.49. The zero-order valence-corrected chi connectivity index (χ0v) is 13.0. The van der Waals surface area contributed by atoms with E-state index in [1.807, 2.05) is 25.1 Å². The zero-order valence-electron chi connectivity index (χ0n) is 13.0. The summed E-state index contributed by atoms with van der Waals surface area (Å²) in [6.45, 7) is 10.2. The molecule has 1 aromatic rings. The van der Waals surface area contributed by atoms with Crippen LogP contribution in [0.1, 0.15) is 39.7 Å². The van der Waals surface area contributed by atoms with E-state index in [-0.39, 0.29) is 6.61 Å². The predicted octanol–water partition coefficient (Wildman–Crippen LogP) is 2.73. The van der Waals surface area contributed by atoms with Gasteiger partial charge in [-0.15, -0.1) is 0 Å². The second kappa shape index (κ2) is 8.12. The minimum Gasteiger partial charge on any atom is -0.490 e. The molecule has 0 atom stereocenters. The van der Waals surface area contributed by atoms with Crippen molar-refractivity contribution in [2.75, 3.05) is 19.8 Å². The minimum atomic E-state index is -0.856. The molecule has 0 saturated heterocycles. The first-order valence-corrected chi connectivity index (χ1v) is 7.28. The van der Waals surface area contributed by atoms with Crippen molar-refractivity contribution in [2.45, 2.75) is 46.3 Å². The smallest absolute Gasteiger partial charge is 0.161 e. The lowest BCUT2D eigenvalue weighted by Gasteiger charge is -2.20. The maximum Gasteiger partial charge on any atom is 0.161 e. The summed E-state index contributed by atoms with van der Waals surface area (Å²) < 4.78 is 11.3. The molecule has 0 aliphatic heterocycles. The first-order valence-electron chi connectivity index (χ1n) is 7.28. The molecule has 0 radical (unpaired) electrons. The van der Waals surface area contributed by atoms with Gasteiger partial charge >= 0.3 is 0 Å². The van der Waals surface area contributed by atoms with Crippen LogP contribution in [0.15, 0.2) is 18.2 Å². The molecule has 20 heavy (non-hydrogen) atoms. The van der Waals surface area contributed by atoms with E-state index in [0.29, 0.717) is 12.4 Å². The molecule has 0 fully saturated rings. The molecule has 0 bridgehead atoms. The summed E-state index contributed by atoms with van der Waals surface area (Å²) in [6, 6.07) is 5.91. The third kappa shape index (κ3) is 6.26. The normalized spacial score (nSPS) is 11.4. The van der Waals surface area contributed by atoms with Crippen LogP contribution in [0, 0.1) is 0 Å². The quantitative estimate of drug-likeness (QED) is 0.683. The van der Waals surface area contributed by atoms with Crippen molar-refractivity contribution < 1.29 is 14.6 Å². The highest BCUT2D eigenvalue weighted by molar-refractivity contribution is 5.43. The summed E-state index contributed by atoms with van der Waals surface area (Å²) in [4.78, 5) is 0. The van der Waals surface area contributed by atoms with E-state index < -0.39 is 5.60 Å². The Labute approximate surface area is 122 Å². The molecule has 0 unspecified atom stereocenters. The number of nitrogens with one attached hydrogen (secondary N) is 1. The van der Waals surface area contributed by atoms with Gasteiger partial charge < -0.3 is 19.9 Å². The molecule has 0 saturated carbocycles. The summed E-state index contributed by atoms with van der Waals surface area (Å²) in [5.41, 5.74) is 0.308. The van der Waals surface area contributed by atoms with Crippen LogP contribution in [0.25, 0.3) is 0 Å². The Balaban J connectivity index is 2.73. The fraction of sp³-hybridized carbons (Fsp3) is 0.625.